The van der Waals surface area contributed by atoms with E-state index in [0.29, 0.717) is 43.4 Å². The molecule has 0 spiro atoms. The Hall–Kier alpha value is -1.82. The summed E-state index contributed by atoms with van der Waals surface area (Å²) in [7, 11) is 0. The normalized spacial score (nSPS) is 28.7. The van der Waals surface area contributed by atoms with Gasteiger partial charge in [-0.1, -0.05) is 0 Å². The minimum absolute atomic E-state index is 0.272. The molecular weight excluding hydrogens is 317 g/mol. The molecule has 4 rings (SSSR count). The predicted molar refractivity (Wildman–Crippen MR) is 82.0 cm³/mol. The number of imidazole rings is 1. The lowest BCUT2D eigenvalue weighted by atomic mass is 9.80. The second kappa shape index (κ2) is 5.62. The van der Waals surface area contributed by atoms with Crippen molar-refractivity contribution in [3.8, 4) is 11.3 Å². The number of aromatic amines is 1. The molecule has 1 unspecified atom stereocenters. The van der Waals surface area contributed by atoms with Crippen molar-refractivity contribution in [2.24, 2.45) is 0 Å². The highest BCUT2D eigenvalue weighted by molar-refractivity contribution is 5.65. The number of nitrogens with one attached hydrogen (secondary N) is 1. The second-order valence-electron chi connectivity index (χ2n) is 6.99. The first-order chi connectivity index (χ1) is 11.5. The Morgan fingerprint density at radius 3 is 2.67 bits per heavy atom. The summed E-state index contributed by atoms with van der Waals surface area (Å²) in [5.41, 5.74) is -0.145. The first kappa shape index (κ1) is 15.7. The zero-order chi connectivity index (χ0) is 16.9. The minimum atomic E-state index is -1.33. The number of nitrogens with zero attached hydrogens (tertiary/aromatic N) is 1. The molecule has 1 fully saturated rings. The molecule has 0 bridgehead atoms. The van der Waals surface area contributed by atoms with Gasteiger partial charge in [0.25, 0.3) is 0 Å². The summed E-state index contributed by atoms with van der Waals surface area (Å²) in [5.74, 6) is -0.912. The lowest BCUT2D eigenvalue weighted by Crippen LogP contribution is -2.38. The fraction of sp³-hybridized carbons (Fsp3) is 0.500. The molecule has 3 nitrogen and oxygen atoms in total. The summed E-state index contributed by atoms with van der Waals surface area (Å²) in [6, 6.07) is 1.86. The first-order valence-corrected chi connectivity index (χ1v) is 8.42. The summed E-state index contributed by atoms with van der Waals surface area (Å²) >= 11 is 0. The van der Waals surface area contributed by atoms with Crippen LogP contribution in [0.2, 0.25) is 0 Å². The van der Waals surface area contributed by atoms with Gasteiger partial charge in [0.1, 0.15) is 29.5 Å². The maximum atomic E-state index is 15.0. The van der Waals surface area contributed by atoms with Crippen molar-refractivity contribution in [2.75, 3.05) is 0 Å². The van der Waals surface area contributed by atoms with Crippen molar-refractivity contribution in [3.05, 3.63) is 41.9 Å². The van der Waals surface area contributed by atoms with E-state index in [1.54, 1.807) is 17.1 Å². The fourth-order valence-corrected chi connectivity index (χ4v) is 4.14. The van der Waals surface area contributed by atoms with Crippen LogP contribution in [0.3, 0.4) is 0 Å². The van der Waals surface area contributed by atoms with Crippen molar-refractivity contribution in [1.82, 2.24) is 4.98 Å². The number of aromatic nitrogens is 2. The van der Waals surface area contributed by atoms with E-state index in [1.165, 1.54) is 0 Å². The molecule has 2 aliphatic rings. The maximum absolute atomic E-state index is 15.0. The Labute approximate surface area is 138 Å². The van der Waals surface area contributed by atoms with E-state index in [2.05, 4.69) is 4.98 Å². The van der Waals surface area contributed by atoms with Gasteiger partial charge < -0.3 is 5.11 Å². The molecule has 1 aromatic carbocycles. The SMILES string of the molecule is OC1CCC(F)(CCC2c3c(F)ccc(F)c3-c3c[nH]c[n+]32)CC1. The largest absolute Gasteiger partial charge is 0.393 e. The summed E-state index contributed by atoms with van der Waals surface area (Å²) in [6.45, 7) is 0. The third kappa shape index (κ3) is 2.44. The van der Waals surface area contributed by atoms with E-state index in [4.69, 9.17) is 0 Å². The molecule has 128 valence electrons. The van der Waals surface area contributed by atoms with Gasteiger partial charge in [-0.05, 0) is 50.7 Å². The molecule has 2 aromatic rings. The zero-order valence-corrected chi connectivity index (χ0v) is 13.2. The highest BCUT2D eigenvalue weighted by Gasteiger charge is 2.41. The average Bonchev–Trinajstić information content (AvgIpc) is 3.13. The standard InChI is InChI=1S/C18H19F3N2O/c19-12-1-2-13(20)17-15-9-22-10-23(15)14(16(12)17)5-8-18(21)6-3-11(24)4-7-18/h1-2,9-11,14,24H,3-8H2/p+1. The number of H-pyrrole nitrogens is 1. The van der Waals surface area contributed by atoms with E-state index in [1.807, 2.05) is 0 Å². The molecular formula is C18H20F3N2O+. The third-order valence-electron chi connectivity index (χ3n) is 5.50. The number of hydrogen-bond donors (Lipinski definition) is 2. The van der Waals surface area contributed by atoms with Crippen LogP contribution in [-0.4, -0.2) is 21.9 Å². The molecule has 1 aliphatic heterocycles. The van der Waals surface area contributed by atoms with Crippen LogP contribution >= 0.6 is 0 Å². The number of fused-ring (bicyclic) bond motifs is 3. The van der Waals surface area contributed by atoms with E-state index >= 15 is 0 Å². The van der Waals surface area contributed by atoms with Gasteiger partial charge in [0, 0.05) is 5.56 Å². The summed E-state index contributed by atoms with van der Waals surface area (Å²) in [5, 5.41) is 9.55. The Morgan fingerprint density at radius 2 is 1.92 bits per heavy atom. The van der Waals surface area contributed by atoms with Crippen LogP contribution in [0.5, 0.6) is 0 Å². The minimum Gasteiger partial charge on any atom is -0.393 e. The Kier molecular flexibility index (Phi) is 3.67. The van der Waals surface area contributed by atoms with Crippen LogP contribution in [0.4, 0.5) is 13.2 Å². The number of aliphatic hydroxyl groups is 1. The average molecular weight is 337 g/mol. The van der Waals surface area contributed by atoms with Gasteiger partial charge >= 0.3 is 0 Å². The molecule has 6 heteroatoms. The van der Waals surface area contributed by atoms with E-state index in [9.17, 15) is 18.3 Å². The summed E-state index contributed by atoms with van der Waals surface area (Å²) in [4.78, 5) is 2.92. The smallest absolute Gasteiger partial charge is 0.242 e. The van der Waals surface area contributed by atoms with Crippen molar-refractivity contribution in [1.29, 1.82) is 0 Å². The van der Waals surface area contributed by atoms with Gasteiger partial charge in [0.05, 0.1) is 11.7 Å². The van der Waals surface area contributed by atoms with Crippen molar-refractivity contribution in [3.63, 3.8) is 0 Å². The molecule has 2 N–H and O–H groups in total. The summed E-state index contributed by atoms with van der Waals surface area (Å²) in [6.07, 6.45) is 5.14. The lowest BCUT2D eigenvalue weighted by molar-refractivity contribution is -0.698. The molecule has 1 atom stereocenters. The van der Waals surface area contributed by atoms with E-state index in [-0.39, 0.29) is 12.0 Å². The van der Waals surface area contributed by atoms with Gasteiger partial charge in [0.15, 0.2) is 5.69 Å². The van der Waals surface area contributed by atoms with Gasteiger partial charge in [-0.2, -0.15) is 0 Å². The number of aliphatic hydroxyl groups excluding tert-OH is 1. The number of rotatable bonds is 3. The Morgan fingerprint density at radius 1 is 1.21 bits per heavy atom. The van der Waals surface area contributed by atoms with Crippen LogP contribution in [-0.2, 0) is 0 Å². The topological polar surface area (TPSA) is 39.9 Å². The fourth-order valence-electron chi connectivity index (χ4n) is 4.14. The highest BCUT2D eigenvalue weighted by atomic mass is 19.1. The maximum Gasteiger partial charge on any atom is 0.242 e. The van der Waals surface area contributed by atoms with Gasteiger partial charge in [-0.25, -0.2) is 22.7 Å². The molecule has 24 heavy (non-hydrogen) atoms. The highest BCUT2D eigenvalue weighted by Crippen LogP contribution is 2.42. The molecule has 1 aliphatic carbocycles. The molecule has 0 amide bonds. The number of halogens is 3. The quantitative estimate of drug-likeness (QED) is 0.826. The van der Waals surface area contributed by atoms with Crippen LogP contribution in [0.25, 0.3) is 11.3 Å². The second-order valence-corrected chi connectivity index (χ2v) is 6.99. The molecule has 2 heterocycles. The van der Waals surface area contributed by atoms with Crippen molar-refractivity contribution in [2.45, 2.75) is 56.3 Å². The zero-order valence-electron chi connectivity index (χ0n) is 13.2. The van der Waals surface area contributed by atoms with Gasteiger partial charge in [0.2, 0.25) is 6.33 Å². The van der Waals surface area contributed by atoms with Crippen LogP contribution < -0.4 is 4.57 Å². The van der Waals surface area contributed by atoms with Gasteiger partial charge in [-0.3, -0.25) is 0 Å². The van der Waals surface area contributed by atoms with Crippen LogP contribution in [0, 0.1) is 11.6 Å². The monoisotopic (exact) mass is 337 g/mol. The summed E-state index contributed by atoms with van der Waals surface area (Å²) < 4.78 is 45.3. The van der Waals surface area contributed by atoms with Crippen LogP contribution in [0.15, 0.2) is 24.7 Å². The van der Waals surface area contributed by atoms with Crippen molar-refractivity contribution >= 4 is 0 Å². The van der Waals surface area contributed by atoms with E-state index < -0.39 is 29.4 Å². The first-order valence-electron chi connectivity index (χ1n) is 8.42. The predicted octanol–water partition coefficient (Wildman–Crippen LogP) is 3.57. The van der Waals surface area contributed by atoms with Crippen molar-refractivity contribution < 1.29 is 22.8 Å². The van der Waals surface area contributed by atoms with Crippen LogP contribution in [0.1, 0.15) is 50.1 Å². The number of benzene rings is 1. The Bertz CT molecular complexity index is 766. The number of hydrogen-bond acceptors (Lipinski definition) is 1. The number of alkyl halides is 1. The molecule has 0 radical (unpaired) electrons. The lowest BCUT2D eigenvalue weighted by Gasteiger charge is -2.32. The Balaban J connectivity index is 1.62. The third-order valence-corrected chi connectivity index (χ3v) is 5.50. The van der Waals surface area contributed by atoms with Gasteiger partial charge in [-0.15, -0.1) is 0 Å². The molecule has 1 saturated carbocycles. The molecule has 1 aromatic heterocycles. The molecule has 0 saturated heterocycles. The van der Waals surface area contributed by atoms with E-state index in [0.717, 1.165) is 12.1 Å².